The molecule has 0 bridgehead atoms. The van der Waals surface area contributed by atoms with Gasteiger partial charge in [-0.1, -0.05) is 30.3 Å². The van der Waals surface area contributed by atoms with Gasteiger partial charge in [0.2, 0.25) is 5.88 Å². The molecule has 0 unspecified atom stereocenters. The molecule has 0 saturated heterocycles. The average Bonchev–Trinajstić information content (AvgIpc) is 2.47. The van der Waals surface area contributed by atoms with Crippen molar-refractivity contribution in [2.45, 2.75) is 6.92 Å². The fourth-order valence-electron chi connectivity index (χ4n) is 2.01. The molecule has 3 N–H and O–H groups in total. The molecule has 3 rings (SSSR count). The van der Waals surface area contributed by atoms with Crippen molar-refractivity contribution < 1.29 is 13.2 Å². The predicted octanol–water partition coefficient (Wildman–Crippen LogP) is 0.918. The van der Waals surface area contributed by atoms with Crippen LogP contribution in [-0.4, -0.2) is 30.8 Å². The SMILES string of the molecule is CCOc1nc2c(nc1-c1ccccc1)C(N)=NS(=O)(=O)N2. The van der Waals surface area contributed by atoms with E-state index in [0.717, 1.165) is 5.56 Å². The maximum absolute atomic E-state index is 11.6. The van der Waals surface area contributed by atoms with Gasteiger partial charge in [-0.15, -0.1) is 4.40 Å². The number of benzene rings is 1. The third kappa shape index (κ3) is 2.58. The van der Waals surface area contributed by atoms with Crippen LogP contribution in [-0.2, 0) is 10.2 Å². The molecule has 1 aliphatic rings. The minimum atomic E-state index is -3.90. The van der Waals surface area contributed by atoms with Gasteiger partial charge in [-0.25, -0.2) is 9.71 Å². The first kappa shape index (κ1) is 14.3. The second-order valence-corrected chi connectivity index (χ2v) is 5.76. The fourth-order valence-corrected chi connectivity index (χ4v) is 2.79. The molecule has 2 aromatic rings. The van der Waals surface area contributed by atoms with E-state index in [1.807, 2.05) is 30.3 Å². The second kappa shape index (κ2) is 5.26. The molecule has 0 radical (unpaired) electrons. The molecule has 0 atom stereocenters. The van der Waals surface area contributed by atoms with Gasteiger partial charge in [-0.3, -0.25) is 0 Å². The maximum Gasteiger partial charge on any atom is 0.345 e. The molecule has 9 heteroatoms. The van der Waals surface area contributed by atoms with E-state index in [9.17, 15) is 8.42 Å². The first-order chi connectivity index (χ1) is 10.5. The molecule has 0 fully saturated rings. The summed E-state index contributed by atoms with van der Waals surface area (Å²) in [6.45, 7) is 2.17. The Morgan fingerprint density at radius 3 is 2.59 bits per heavy atom. The number of hydrogen-bond acceptors (Lipinski definition) is 6. The van der Waals surface area contributed by atoms with E-state index in [4.69, 9.17) is 10.5 Å². The molecule has 8 nitrogen and oxygen atoms in total. The highest BCUT2D eigenvalue weighted by Gasteiger charge is 2.26. The first-order valence-electron chi connectivity index (χ1n) is 6.49. The van der Waals surface area contributed by atoms with Crippen LogP contribution < -0.4 is 15.2 Å². The van der Waals surface area contributed by atoms with Crippen molar-refractivity contribution in [2.75, 3.05) is 11.3 Å². The Labute approximate surface area is 127 Å². The zero-order valence-electron chi connectivity index (χ0n) is 11.6. The van der Waals surface area contributed by atoms with E-state index in [-0.39, 0.29) is 23.2 Å². The van der Waals surface area contributed by atoms with Crippen molar-refractivity contribution in [2.24, 2.45) is 10.1 Å². The van der Waals surface area contributed by atoms with Gasteiger partial charge in [0, 0.05) is 5.56 Å². The van der Waals surface area contributed by atoms with E-state index in [1.165, 1.54) is 0 Å². The van der Waals surface area contributed by atoms with Crippen molar-refractivity contribution in [1.82, 2.24) is 9.97 Å². The molecule has 22 heavy (non-hydrogen) atoms. The third-order valence-corrected chi connectivity index (χ3v) is 3.77. The fraction of sp³-hybridized carbons (Fsp3) is 0.154. The number of nitrogens with two attached hydrogens (primary N) is 1. The van der Waals surface area contributed by atoms with Gasteiger partial charge in [0.1, 0.15) is 5.69 Å². The lowest BCUT2D eigenvalue weighted by Crippen LogP contribution is -2.28. The van der Waals surface area contributed by atoms with Crippen molar-refractivity contribution >= 4 is 21.9 Å². The molecular weight excluding hydrogens is 306 g/mol. The smallest absolute Gasteiger partial charge is 0.345 e. The summed E-state index contributed by atoms with van der Waals surface area (Å²) in [5.74, 6) is 0.0296. The molecule has 1 aliphatic heterocycles. The van der Waals surface area contributed by atoms with Gasteiger partial charge in [-0.2, -0.15) is 13.4 Å². The van der Waals surface area contributed by atoms with Crippen LogP contribution in [0.15, 0.2) is 34.7 Å². The molecule has 2 heterocycles. The molecule has 0 spiro atoms. The highest BCUT2D eigenvalue weighted by molar-refractivity contribution is 7.91. The van der Waals surface area contributed by atoms with Gasteiger partial charge >= 0.3 is 10.2 Å². The zero-order chi connectivity index (χ0) is 15.7. The number of nitrogens with zero attached hydrogens (tertiary/aromatic N) is 3. The van der Waals surface area contributed by atoms with Crippen LogP contribution in [0.4, 0.5) is 5.82 Å². The van der Waals surface area contributed by atoms with Gasteiger partial charge in [0.25, 0.3) is 0 Å². The van der Waals surface area contributed by atoms with E-state index in [1.54, 1.807) is 6.92 Å². The highest BCUT2D eigenvalue weighted by atomic mass is 32.2. The maximum atomic E-state index is 11.6. The van der Waals surface area contributed by atoms with Crippen LogP contribution in [0.5, 0.6) is 5.88 Å². The van der Waals surface area contributed by atoms with Gasteiger partial charge in [0.05, 0.1) is 6.61 Å². The molecule has 1 aromatic carbocycles. The average molecular weight is 319 g/mol. The van der Waals surface area contributed by atoms with E-state index < -0.39 is 10.2 Å². The Morgan fingerprint density at radius 2 is 1.91 bits per heavy atom. The molecular formula is C13H13N5O3S. The number of fused-ring (bicyclic) bond motifs is 1. The lowest BCUT2D eigenvalue weighted by molar-refractivity contribution is 0.327. The normalized spacial score (nSPS) is 15.4. The number of rotatable bonds is 3. The summed E-state index contributed by atoms with van der Waals surface area (Å²) in [6, 6.07) is 9.27. The Balaban J connectivity index is 2.22. The van der Waals surface area contributed by atoms with Gasteiger partial charge < -0.3 is 10.5 Å². The van der Waals surface area contributed by atoms with Crippen molar-refractivity contribution in [3.8, 4) is 17.1 Å². The van der Waals surface area contributed by atoms with Crippen molar-refractivity contribution in [1.29, 1.82) is 0 Å². The number of amidine groups is 1. The van der Waals surface area contributed by atoms with E-state index in [2.05, 4.69) is 19.1 Å². The van der Waals surface area contributed by atoms with Crippen molar-refractivity contribution in [3.05, 3.63) is 36.0 Å². The van der Waals surface area contributed by atoms with E-state index >= 15 is 0 Å². The standard InChI is InChI=1S/C13H13N5O3S/c1-2-21-13-9(8-6-4-3-5-7-8)15-10-11(14)17-22(19,20)18-12(10)16-13/h3-7H,2H2,1H3,(H2,14,17)(H,16,18). The number of aromatic nitrogens is 2. The van der Waals surface area contributed by atoms with Crippen LogP contribution in [0, 0.1) is 0 Å². The Bertz CT molecular complexity index is 849. The topological polar surface area (TPSA) is 120 Å². The summed E-state index contributed by atoms with van der Waals surface area (Å²) < 4.78 is 34.2. The lowest BCUT2D eigenvalue weighted by Gasteiger charge is -2.17. The largest absolute Gasteiger partial charge is 0.476 e. The predicted molar refractivity (Wildman–Crippen MR) is 81.9 cm³/mol. The lowest BCUT2D eigenvalue weighted by atomic mass is 10.1. The van der Waals surface area contributed by atoms with Crippen LogP contribution in [0.3, 0.4) is 0 Å². The summed E-state index contributed by atoms with van der Waals surface area (Å²) in [7, 11) is -3.90. The van der Waals surface area contributed by atoms with Gasteiger partial charge in [0.15, 0.2) is 17.3 Å². The van der Waals surface area contributed by atoms with Gasteiger partial charge in [-0.05, 0) is 6.92 Å². The number of anilines is 1. The van der Waals surface area contributed by atoms with Crippen LogP contribution in [0.2, 0.25) is 0 Å². The minimum Gasteiger partial charge on any atom is -0.476 e. The summed E-state index contributed by atoms with van der Waals surface area (Å²) in [5.41, 5.74) is 7.11. The summed E-state index contributed by atoms with van der Waals surface area (Å²) in [5, 5.41) is 0. The number of hydrogen-bond donors (Lipinski definition) is 2. The Hall–Kier alpha value is -2.68. The second-order valence-electron chi connectivity index (χ2n) is 4.43. The quantitative estimate of drug-likeness (QED) is 0.868. The van der Waals surface area contributed by atoms with Crippen LogP contribution in [0.1, 0.15) is 12.6 Å². The van der Waals surface area contributed by atoms with Crippen molar-refractivity contribution in [3.63, 3.8) is 0 Å². The zero-order valence-corrected chi connectivity index (χ0v) is 12.5. The highest BCUT2D eigenvalue weighted by Crippen LogP contribution is 2.30. The van der Waals surface area contributed by atoms with E-state index in [0.29, 0.717) is 12.3 Å². The number of ether oxygens (including phenoxy) is 1. The Kier molecular flexibility index (Phi) is 3.41. The molecule has 1 aromatic heterocycles. The molecule has 114 valence electrons. The van der Waals surface area contributed by atoms with Crippen LogP contribution >= 0.6 is 0 Å². The molecule has 0 amide bonds. The Morgan fingerprint density at radius 1 is 1.18 bits per heavy atom. The molecule has 0 saturated carbocycles. The van der Waals surface area contributed by atoms with Crippen LogP contribution in [0.25, 0.3) is 11.3 Å². The number of nitrogens with one attached hydrogen (secondary N) is 1. The minimum absolute atomic E-state index is 0.00984. The molecule has 0 aliphatic carbocycles. The summed E-state index contributed by atoms with van der Waals surface area (Å²) in [6.07, 6.45) is 0. The first-order valence-corrected chi connectivity index (χ1v) is 7.93. The summed E-state index contributed by atoms with van der Waals surface area (Å²) in [4.78, 5) is 8.57. The summed E-state index contributed by atoms with van der Waals surface area (Å²) >= 11 is 0. The third-order valence-electron chi connectivity index (χ3n) is 2.88. The monoisotopic (exact) mass is 319 g/mol.